The Labute approximate surface area is 88.3 Å². The molecule has 1 N–H and O–H groups in total. The van der Waals surface area contributed by atoms with Crippen LogP contribution in [0.25, 0.3) is 0 Å². The van der Waals surface area contributed by atoms with Gasteiger partial charge < -0.3 is 5.32 Å². The van der Waals surface area contributed by atoms with Gasteiger partial charge in [0.2, 0.25) is 0 Å². The van der Waals surface area contributed by atoms with Gasteiger partial charge in [-0.25, -0.2) is 4.39 Å². The zero-order chi connectivity index (χ0) is 10.4. The van der Waals surface area contributed by atoms with Crippen molar-refractivity contribution in [3.63, 3.8) is 0 Å². The molecule has 0 bridgehead atoms. The van der Waals surface area contributed by atoms with Gasteiger partial charge in [-0.2, -0.15) is 0 Å². The van der Waals surface area contributed by atoms with Gasteiger partial charge in [0.15, 0.2) is 0 Å². The Hall–Kier alpha value is -1.20. The summed E-state index contributed by atoms with van der Waals surface area (Å²) < 4.78 is 12.8. The maximum absolute atomic E-state index is 12.8. The van der Waals surface area contributed by atoms with Gasteiger partial charge in [0.1, 0.15) is 5.82 Å². The van der Waals surface area contributed by atoms with E-state index in [4.69, 9.17) is 11.6 Å². The lowest BCUT2D eigenvalue weighted by molar-refractivity contribution is 0.628. The van der Waals surface area contributed by atoms with E-state index in [1.807, 2.05) is 0 Å². The fraction of sp³-hybridized carbons (Fsp3) is 0.273. The van der Waals surface area contributed by atoms with Gasteiger partial charge in [-0.05, 0) is 25.1 Å². The Morgan fingerprint density at radius 3 is 3.00 bits per heavy atom. The standard InChI is InChI=1S/C11H11ClFN/c1-2-3-4-7-14-11-8-9(13)5-6-10(11)12/h5-6,8,14H,4,7H2,1H3. The van der Waals surface area contributed by atoms with Crippen LogP contribution in [-0.4, -0.2) is 6.54 Å². The van der Waals surface area contributed by atoms with Gasteiger partial charge >= 0.3 is 0 Å². The molecule has 14 heavy (non-hydrogen) atoms. The Kier molecular flexibility index (Phi) is 4.28. The SMILES string of the molecule is CC#CCCNc1cc(F)ccc1Cl. The van der Waals surface area contributed by atoms with E-state index >= 15 is 0 Å². The first-order chi connectivity index (χ1) is 6.74. The molecule has 74 valence electrons. The molecule has 1 rings (SSSR count). The molecule has 0 heterocycles. The van der Waals surface area contributed by atoms with E-state index in [0.29, 0.717) is 17.3 Å². The predicted octanol–water partition coefficient (Wildman–Crippen LogP) is 3.30. The highest BCUT2D eigenvalue weighted by Crippen LogP contribution is 2.21. The average Bonchev–Trinajstić information content (AvgIpc) is 2.18. The molecule has 0 saturated carbocycles. The second-order valence-corrected chi connectivity index (χ2v) is 3.13. The van der Waals surface area contributed by atoms with E-state index in [9.17, 15) is 4.39 Å². The minimum absolute atomic E-state index is 0.293. The highest BCUT2D eigenvalue weighted by atomic mass is 35.5. The van der Waals surface area contributed by atoms with Crippen LogP contribution in [0.3, 0.4) is 0 Å². The van der Waals surface area contributed by atoms with Crippen molar-refractivity contribution in [3.05, 3.63) is 29.0 Å². The van der Waals surface area contributed by atoms with Crippen LogP contribution in [0.15, 0.2) is 18.2 Å². The molecule has 0 aromatic heterocycles. The number of nitrogens with one attached hydrogen (secondary N) is 1. The smallest absolute Gasteiger partial charge is 0.125 e. The first kappa shape index (κ1) is 10.9. The number of hydrogen-bond donors (Lipinski definition) is 1. The second kappa shape index (κ2) is 5.51. The zero-order valence-electron chi connectivity index (χ0n) is 7.90. The maximum atomic E-state index is 12.8. The van der Waals surface area contributed by atoms with Crippen molar-refractivity contribution in [1.29, 1.82) is 0 Å². The zero-order valence-corrected chi connectivity index (χ0v) is 8.66. The van der Waals surface area contributed by atoms with Crippen molar-refractivity contribution >= 4 is 17.3 Å². The molecular formula is C11H11ClFN. The summed E-state index contributed by atoms with van der Waals surface area (Å²) in [7, 11) is 0. The molecule has 0 radical (unpaired) electrons. The molecule has 0 saturated heterocycles. The maximum Gasteiger partial charge on any atom is 0.125 e. The fourth-order valence-corrected chi connectivity index (χ4v) is 1.20. The van der Waals surface area contributed by atoms with E-state index in [-0.39, 0.29) is 5.82 Å². The molecule has 1 nitrogen and oxygen atoms in total. The Balaban J connectivity index is 2.56. The minimum atomic E-state index is -0.293. The van der Waals surface area contributed by atoms with Gasteiger partial charge in [0.25, 0.3) is 0 Å². The lowest BCUT2D eigenvalue weighted by Crippen LogP contribution is -2.01. The number of rotatable bonds is 3. The van der Waals surface area contributed by atoms with Crippen LogP contribution in [-0.2, 0) is 0 Å². The molecule has 0 spiro atoms. The largest absolute Gasteiger partial charge is 0.383 e. The monoisotopic (exact) mass is 211 g/mol. The van der Waals surface area contributed by atoms with Crippen LogP contribution >= 0.6 is 11.6 Å². The molecule has 0 aliphatic carbocycles. The summed E-state index contributed by atoms with van der Waals surface area (Å²) in [5, 5.41) is 3.54. The van der Waals surface area contributed by atoms with Gasteiger partial charge in [-0.15, -0.1) is 11.8 Å². The number of anilines is 1. The van der Waals surface area contributed by atoms with Crippen LogP contribution in [0.2, 0.25) is 5.02 Å². The highest BCUT2D eigenvalue weighted by Gasteiger charge is 1.99. The first-order valence-electron chi connectivity index (χ1n) is 4.32. The summed E-state index contributed by atoms with van der Waals surface area (Å²) in [6, 6.07) is 4.24. The molecule has 0 aliphatic rings. The average molecular weight is 212 g/mol. The molecule has 0 fully saturated rings. The Bertz CT molecular complexity index is 365. The molecule has 1 aromatic carbocycles. The highest BCUT2D eigenvalue weighted by molar-refractivity contribution is 6.33. The van der Waals surface area contributed by atoms with Gasteiger partial charge in [0, 0.05) is 13.0 Å². The van der Waals surface area contributed by atoms with Crippen LogP contribution in [0.4, 0.5) is 10.1 Å². The van der Waals surface area contributed by atoms with Crippen LogP contribution in [0.1, 0.15) is 13.3 Å². The quantitative estimate of drug-likeness (QED) is 0.598. The molecular weight excluding hydrogens is 201 g/mol. The Morgan fingerprint density at radius 2 is 2.29 bits per heavy atom. The number of hydrogen-bond acceptors (Lipinski definition) is 1. The molecule has 0 amide bonds. The summed E-state index contributed by atoms with van der Waals surface area (Å²) in [4.78, 5) is 0. The van der Waals surface area contributed by atoms with Crippen molar-refractivity contribution < 1.29 is 4.39 Å². The summed E-state index contributed by atoms with van der Waals surface area (Å²) in [6.45, 7) is 2.46. The topological polar surface area (TPSA) is 12.0 Å². The Morgan fingerprint density at radius 1 is 1.50 bits per heavy atom. The third-order valence-corrected chi connectivity index (χ3v) is 2.00. The number of halogens is 2. The second-order valence-electron chi connectivity index (χ2n) is 2.73. The van der Waals surface area contributed by atoms with Crippen LogP contribution in [0.5, 0.6) is 0 Å². The summed E-state index contributed by atoms with van der Waals surface area (Å²) in [5.74, 6) is 5.39. The predicted molar refractivity (Wildman–Crippen MR) is 58.0 cm³/mol. The van der Waals surface area contributed by atoms with Crippen LogP contribution < -0.4 is 5.32 Å². The minimum Gasteiger partial charge on any atom is -0.383 e. The van der Waals surface area contributed by atoms with E-state index in [1.54, 1.807) is 6.92 Å². The summed E-state index contributed by atoms with van der Waals surface area (Å²) >= 11 is 5.84. The summed E-state index contributed by atoms with van der Waals surface area (Å²) in [5.41, 5.74) is 0.615. The summed E-state index contributed by atoms with van der Waals surface area (Å²) in [6.07, 6.45) is 0.726. The lowest BCUT2D eigenvalue weighted by Gasteiger charge is -2.05. The van der Waals surface area contributed by atoms with Crippen molar-refractivity contribution in [2.75, 3.05) is 11.9 Å². The fourth-order valence-electron chi connectivity index (χ4n) is 1.02. The molecule has 1 aromatic rings. The molecule has 0 aliphatic heterocycles. The van der Waals surface area contributed by atoms with Crippen molar-refractivity contribution in [1.82, 2.24) is 0 Å². The van der Waals surface area contributed by atoms with Gasteiger partial charge in [0.05, 0.1) is 10.7 Å². The normalized spacial score (nSPS) is 9.07. The van der Waals surface area contributed by atoms with Gasteiger partial charge in [-0.1, -0.05) is 11.6 Å². The van der Waals surface area contributed by atoms with E-state index in [1.165, 1.54) is 18.2 Å². The molecule has 0 atom stereocenters. The van der Waals surface area contributed by atoms with Crippen molar-refractivity contribution in [2.45, 2.75) is 13.3 Å². The van der Waals surface area contributed by atoms with Crippen molar-refractivity contribution in [2.24, 2.45) is 0 Å². The third kappa shape index (κ3) is 3.27. The third-order valence-electron chi connectivity index (χ3n) is 1.67. The van der Waals surface area contributed by atoms with Gasteiger partial charge in [-0.3, -0.25) is 0 Å². The van der Waals surface area contributed by atoms with Crippen LogP contribution in [0, 0.1) is 17.7 Å². The van der Waals surface area contributed by atoms with E-state index in [2.05, 4.69) is 17.2 Å². The molecule has 0 unspecified atom stereocenters. The van der Waals surface area contributed by atoms with Crippen molar-refractivity contribution in [3.8, 4) is 11.8 Å². The van der Waals surface area contributed by atoms with E-state index in [0.717, 1.165) is 6.42 Å². The first-order valence-corrected chi connectivity index (χ1v) is 4.70. The van der Waals surface area contributed by atoms with E-state index < -0.39 is 0 Å². The number of benzene rings is 1. The molecule has 3 heteroatoms. The lowest BCUT2D eigenvalue weighted by atomic mass is 10.3.